The smallest absolute Gasteiger partial charge is 0.312 e. The Morgan fingerprint density at radius 2 is 1.70 bits per heavy atom. The van der Waals surface area contributed by atoms with Gasteiger partial charge in [0.25, 0.3) is 0 Å². The molecule has 4 N–H and O–H groups in total. The number of amides is 2. The van der Waals surface area contributed by atoms with Crippen LogP contribution in [0.5, 0.6) is 0 Å². The van der Waals surface area contributed by atoms with E-state index >= 15 is 0 Å². The lowest BCUT2D eigenvalue weighted by molar-refractivity contribution is 0.244. The fourth-order valence-corrected chi connectivity index (χ4v) is 3.33. The van der Waals surface area contributed by atoms with Gasteiger partial charge in [0, 0.05) is 29.5 Å². The molecule has 0 fully saturated rings. The molecule has 2 unspecified atom stereocenters. The van der Waals surface area contributed by atoms with Crippen LogP contribution in [0.25, 0.3) is 22.3 Å². The predicted octanol–water partition coefficient (Wildman–Crippen LogP) is 3.30. The molecule has 0 bridgehead atoms. The number of nitrogens with zero attached hydrogens (tertiary/aromatic N) is 4. The number of primary amides is 1. The fraction of sp³-hybridized carbons (Fsp3) is 0.136. The Balaban J connectivity index is 1.80. The van der Waals surface area contributed by atoms with Crippen LogP contribution in [0.1, 0.15) is 18.5 Å². The molecule has 30 heavy (non-hydrogen) atoms. The molecule has 150 valence electrons. The minimum atomic E-state index is -0.584. The molecule has 8 nitrogen and oxygen atoms in total. The van der Waals surface area contributed by atoms with Crippen LogP contribution in [-0.4, -0.2) is 32.0 Å². The number of fused-ring (bicyclic) bond motifs is 1. The maximum atomic E-state index is 11.5. The Bertz CT molecular complexity index is 1150. The Kier molecular flexibility index (Phi) is 5.47. The van der Waals surface area contributed by atoms with Gasteiger partial charge in [0.15, 0.2) is 5.82 Å². The van der Waals surface area contributed by atoms with E-state index in [1.54, 1.807) is 24.8 Å². The Hall–Kier alpha value is -4.07. The number of urea groups is 1. The van der Waals surface area contributed by atoms with Crippen molar-refractivity contribution in [3.8, 4) is 11.4 Å². The van der Waals surface area contributed by atoms with Crippen LogP contribution in [0.2, 0.25) is 0 Å². The second-order valence-corrected chi connectivity index (χ2v) is 6.85. The van der Waals surface area contributed by atoms with Gasteiger partial charge >= 0.3 is 6.03 Å². The molecule has 4 rings (SSSR count). The minimum absolute atomic E-state index is 0.268. The molecule has 0 aliphatic carbocycles. The second-order valence-electron chi connectivity index (χ2n) is 6.85. The molecule has 0 aliphatic heterocycles. The zero-order valence-electron chi connectivity index (χ0n) is 16.4. The molecule has 3 heterocycles. The summed E-state index contributed by atoms with van der Waals surface area (Å²) in [6.07, 6.45) is 6.80. The fourth-order valence-electron chi connectivity index (χ4n) is 3.33. The van der Waals surface area contributed by atoms with Crippen molar-refractivity contribution in [3.05, 3.63) is 78.9 Å². The summed E-state index contributed by atoms with van der Waals surface area (Å²) < 4.78 is 0. The van der Waals surface area contributed by atoms with Gasteiger partial charge in [0.05, 0.1) is 23.8 Å². The molecular formula is C22H21N7O. The van der Waals surface area contributed by atoms with Gasteiger partial charge in [-0.25, -0.2) is 14.8 Å². The largest absolute Gasteiger partial charge is 0.361 e. The topological polar surface area (TPSA) is 119 Å². The van der Waals surface area contributed by atoms with E-state index in [1.165, 1.54) is 0 Å². The zero-order valence-corrected chi connectivity index (χ0v) is 16.4. The normalized spacial score (nSPS) is 12.8. The standard InChI is InChI=1S/C22H21N7O/c1-14(26-22(23)30)19(15-5-3-2-4-6-15)28-21-17-9-12-25-13-18(17)27-20(29-21)16-7-10-24-11-8-16/h2-14,19H,1H3,(H3,23,26,30)(H,27,28,29). The summed E-state index contributed by atoms with van der Waals surface area (Å²) in [6, 6.07) is 14.3. The van der Waals surface area contributed by atoms with Gasteiger partial charge in [-0.3, -0.25) is 9.97 Å². The second kappa shape index (κ2) is 8.52. The Labute approximate surface area is 173 Å². The average Bonchev–Trinajstić information content (AvgIpc) is 2.78. The van der Waals surface area contributed by atoms with Crippen LogP contribution in [0, 0.1) is 0 Å². The van der Waals surface area contributed by atoms with Crippen LogP contribution in [0.15, 0.2) is 73.3 Å². The van der Waals surface area contributed by atoms with Crippen molar-refractivity contribution >= 4 is 22.8 Å². The lowest BCUT2D eigenvalue weighted by Gasteiger charge is -2.27. The molecule has 1 aromatic carbocycles. The first-order chi connectivity index (χ1) is 14.6. The third kappa shape index (κ3) is 4.17. The highest BCUT2D eigenvalue weighted by atomic mass is 16.2. The summed E-state index contributed by atoms with van der Waals surface area (Å²) in [5, 5.41) is 7.09. The van der Waals surface area contributed by atoms with E-state index < -0.39 is 6.03 Å². The third-order valence-corrected chi connectivity index (χ3v) is 4.76. The number of carbonyl (C=O) groups excluding carboxylic acids is 1. The van der Waals surface area contributed by atoms with Crippen LogP contribution < -0.4 is 16.4 Å². The quantitative estimate of drug-likeness (QED) is 0.458. The van der Waals surface area contributed by atoms with E-state index in [0.29, 0.717) is 17.2 Å². The number of hydrogen-bond donors (Lipinski definition) is 3. The lowest BCUT2D eigenvalue weighted by atomic mass is 10.00. The van der Waals surface area contributed by atoms with Crippen molar-refractivity contribution in [2.24, 2.45) is 5.73 Å². The van der Waals surface area contributed by atoms with E-state index in [1.807, 2.05) is 55.5 Å². The SMILES string of the molecule is CC(NC(N)=O)C(Nc1nc(-c2ccncc2)nc2cnccc12)c1ccccc1. The number of nitrogens with one attached hydrogen (secondary N) is 2. The lowest BCUT2D eigenvalue weighted by Crippen LogP contribution is -2.42. The first-order valence-corrected chi connectivity index (χ1v) is 9.51. The molecule has 4 aromatic rings. The monoisotopic (exact) mass is 399 g/mol. The van der Waals surface area contributed by atoms with Crippen LogP contribution in [-0.2, 0) is 0 Å². The molecule has 2 atom stereocenters. The van der Waals surface area contributed by atoms with E-state index in [9.17, 15) is 4.79 Å². The van der Waals surface area contributed by atoms with Crippen LogP contribution >= 0.6 is 0 Å². The van der Waals surface area contributed by atoms with Gasteiger partial charge in [0.2, 0.25) is 0 Å². The number of anilines is 1. The highest BCUT2D eigenvalue weighted by molar-refractivity contribution is 5.90. The third-order valence-electron chi connectivity index (χ3n) is 4.76. The van der Waals surface area contributed by atoms with E-state index in [4.69, 9.17) is 10.7 Å². The summed E-state index contributed by atoms with van der Waals surface area (Å²) in [7, 11) is 0. The van der Waals surface area contributed by atoms with E-state index in [0.717, 1.165) is 16.5 Å². The van der Waals surface area contributed by atoms with Gasteiger partial charge in [-0.2, -0.15) is 0 Å². The highest BCUT2D eigenvalue weighted by Crippen LogP contribution is 2.28. The number of hydrogen-bond acceptors (Lipinski definition) is 6. The molecule has 8 heteroatoms. The summed E-state index contributed by atoms with van der Waals surface area (Å²) >= 11 is 0. The predicted molar refractivity (Wildman–Crippen MR) is 116 cm³/mol. The Morgan fingerprint density at radius 1 is 0.967 bits per heavy atom. The van der Waals surface area contributed by atoms with Crippen molar-refractivity contribution < 1.29 is 4.79 Å². The first-order valence-electron chi connectivity index (χ1n) is 9.51. The zero-order chi connectivity index (χ0) is 20.9. The van der Waals surface area contributed by atoms with E-state index in [-0.39, 0.29) is 12.1 Å². The van der Waals surface area contributed by atoms with Crippen molar-refractivity contribution in [2.45, 2.75) is 19.0 Å². The van der Waals surface area contributed by atoms with Crippen molar-refractivity contribution in [1.29, 1.82) is 0 Å². The average molecular weight is 399 g/mol. The summed E-state index contributed by atoms with van der Waals surface area (Å²) in [5.74, 6) is 1.20. The molecule has 0 spiro atoms. The number of nitrogens with two attached hydrogens (primary N) is 1. The number of pyridine rings is 2. The van der Waals surface area contributed by atoms with Gasteiger partial charge in [-0.1, -0.05) is 30.3 Å². The molecule has 2 amide bonds. The van der Waals surface area contributed by atoms with Crippen LogP contribution in [0.3, 0.4) is 0 Å². The number of aromatic nitrogens is 4. The van der Waals surface area contributed by atoms with Crippen molar-refractivity contribution in [1.82, 2.24) is 25.3 Å². The molecule has 0 radical (unpaired) electrons. The molecule has 3 aromatic heterocycles. The maximum Gasteiger partial charge on any atom is 0.312 e. The van der Waals surface area contributed by atoms with Gasteiger partial charge < -0.3 is 16.4 Å². The van der Waals surface area contributed by atoms with Gasteiger partial charge in [-0.15, -0.1) is 0 Å². The molecule has 0 saturated heterocycles. The van der Waals surface area contributed by atoms with Gasteiger partial charge in [-0.05, 0) is 30.7 Å². The first kappa shape index (κ1) is 19.3. The number of rotatable bonds is 6. The number of carbonyl (C=O) groups is 1. The Morgan fingerprint density at radius 3 is 2.43 bits per heavy atom. The van der Waals surface area contributed by atoms with E-state index in [2.05, 4.69) is 25.6 Å². The van der Waals surface area contributed by atoms with Crippen molar-refractivity contribution in [2.75, 3.05) is 5.32 Å². The summed E-state index contributed by atoms with van der Waals surface area (Å²) in [4.78, 5) is 29.2. The highest BCUT2D eigenvalue weighted by Gasteiger charge is 2.22. The summed E-state index contributed by atoms with van der Waals surface area (Å²) in [5.41, 5.74) is 7.92. The summed E-state index contributed by atoms with van der Waals surface area (Å²) in [6.45, 7) is 1.89. The van der Waals surface area contributed by atoms with Gasteiger partial charge in [0.1, 0.15) is 5.82 Å². The van der Waals surface area contributed by atoms with Crippen LogP contribution in [0.4, 0.5) is 10.6 Å². The van der Waals surface area contributed by atoms with Crippen molar-refractivity contribution in [3.63, 3.8) is 0 Å². The molecular weight excluding hydrogens is 378 g/mol. The molecule has 0 aliphatic rings. The minimum Gasteiger partial charge on any atom is -0.361 e. The number of benzene rings is 1. The molecule has 0 saturated carbocycles. The maximum absolute atomic E-state index is 11.5.